The average Bonchev–Trinajstić information content (AvgIpc) is 3.17. The Balaban J connectivity index is 1.42. The fourth-order valence-electron chi connectivity index (χ4n) is 7.99. The summed E-state index contributed by atoms with van der Waals surface area (Å²) < 4.78 is 0. The lowest BCUT2D eigenvalue weighted by Gasteiger charge is -2.52. The molecule has 4 aliphatic rings. The maximum Gasteiger partial charge on any atom is 0.00695 e. The second kappa shape index (κ2) is 8.59. The first kappa shape index (κ1) is 22.5. The fourth-order valence-corrected chi connectivity index (χ4v) is 8.40. The Kier molecular flexibility index (Phi) is 5.68. The van der Waals surface area contributed by atoms with Crippen molar-refractivity contribution in [3.63, 3.8) is 0 Å². The van der Waals surface area contributed by atoms with E-state index in [0.717, 1.165) is 24.2 Å². The molecule has 0 aliphatic heterocycles. The van der Waals surface area contributed by atoms with Crippen LogP contribution >= 0.6 is 11.8 Å². The van der Waals surface area contributed by atoms with Gasteiger partial charge in [-0.25, -0.2) is 0 Å². The molecule has 2 fully saturated rings. The van der Waals surface area contributed by atoms with Gasteiger partial charge in [0.2, 0.25) is 0 Å². The molecule has 0 bridgehead atoms. The van der Waals surface area contributed by atoms with Crippen LogP contribution in [0.25, 0.3) is 11.1 Å². The third-order valence-corrected chi connectivity index (χ3v) is 10.8. The highest BCUT2D eigenvalue weighted by atomic mass is 32.2. The van der Waals surface area contributed by atoms with Gasteiger partial charge >= 0.3 is 0 Å². The van der Waals surface area contributed by atoms with Gasteiger partial charge in [-0.1, -0.05) is 74.0 Å². The van der Waals surface area contributed by atoms with E-state index in [9.17, 15) is 0 Å². The molecule has 0 saturated heterocycles. The molecule has 0 N–H and O–H groups in total. The molecule has 0 amide bonds. The number of hydrogen-bond donors (Lipinski definition) is 0. The summed E-state index contributed by atoms with van der Waals surface area (Å²) in [5.41, 5.74) is 11.2. The van der Waals surface area contributed by atoms with Gasteiger partial charge in [-0.3, -0.25) is 0 Å². The lowest BCUT2D eigenvalue weighted by molar-refractivity contribution is 0.0716. The van der Waals surface area contributed by atoms with E-state index in [-0.39, 0.29) is 0 Å². The standard InChI is InChI=1S/C33H38S/c1-21-5-16-28-26(19-21)13-17-29-31-18-6-22(2)33(31,3)20-30(32(28)29)25-9-7-23(8-10-25)24-11-14-27(34-4)15-12-24/h7-12,14-15,19,22,29-31H,1,5-6,13,16-18,20H2,2-4H3. The van der Waals surface area contributed by atoms with Crippen LogP contribution in [0.1, 0.15) is 70.3 Å². The summed E-state index contributed by atoms with van der Waals surface area (Å²) in [6.07, 6.45) is 13.7. The molecule has 4 aliphatic carbocycles. The van der Waals surface area contributed by atoms with Crippen LogP contribution in [-0.2, 0) is 0 Å². The van der Waals surface area contributed by atoms with E-state index in [1.807, 2.05) is 5.57 Å². The lowest BCUT2D eigenvalue weighted by Crippen LogP contribution is -2.42. The molecule has 0 nitrogen and oxygen atoms in total. The zero-order chi connectivity index (χ0) is 23.4. The SMILES string of the molecule is C=C1C=C2CCC3C(=C2CC1)C(c1ccc(-c2ccc(SC)cc2)cc1)CC1(C)C(C)CCC31. The van der Waals surface area contributed by atoms with Crippen molar-refractivity contribution in [2.45, 2.75) is 69.6 Å². The maximum atomic E-state index is 4.31. The van der Waals surface area contributed by atoms with Crippen molar-refractivity contribution in [1.82, 2.24) is 0 Å². The third kappa shape index (κ3) is 3.58. The second-order valence-corrected chi connectivity index (χ2v) is 12.5. The summed E-state index contributed by atoms with van der Waals surface area (Å²) in [4.78, 5) is 1.33. The number of benzene rings is 2. The van der Waals surface area contributed by atoms with E-state index in [1.54, 1.807) is 28.5 Å². The molecule has 176 valence electrons. The van der Waals surface area contributed by atoms with E-state index in [4.69, 9.17) is 0 Å². The molecule has 1 heteroatoms. The summed E-state index contributed by atoms with van der Waals surface area (Å²) in [7, 11) is 0. The van der Waals surface area contributed by atoms with E-state index < -0.39 is 0 Å². The highest BCUT2D eigenvalue weighted by Gasteiger charge is 2.55. The number of thioether (sulfide) groups is 1. The minimum Gasteiger partial charge on any atom is -0.130 e. The Bertz CT molecular complexity index is 1160. The van der Waals surface area contributed by atoms with E-state index >= 15 is 0 Å². The molecule has 2 aromatic carbocycles. The van der Waals surface area contributed by atoms with Gasteiger partial charge < -0.3 is 0 Å². The normalized spacial score (nSPS) is 32.7. The van der Waals surface area contributed by atoms with Gasteiger partial charge in [0.05, 0.1) is 0 Å². The Morgan fingerprint density at radius 3 is 2.29 bits per heavy atom. The van der Waals surface area contributed by atoms with Crippen LogP contribution in [0.5, 0.6) is 0 Å². The molecule has 2 saturated carbocycles. The molecular formula is C33H38S. The van der Waals surface area contributed by atoms with Crippen LogP contribution in [0.3, 0.4) is 0 Å². The summed E-state index contributed by atoms with van der Waals surface area (Å²) in [6, 6.07) is 18.7. The van der Waals surface area contributed by atoms with Crippen LogP contribution in [0.15, 0.2) is 88.4 Å². The first-order valence-corrected chi connectivity index (χ1v) is 14.6. The highest BCUT2D eigenvalue weighted by molar-refractivity contribution is 7.98. The van der Waals surface area contributed by atoms with Crippen molar-refractivity contribution in [3.05, 3.63) is 89.0 Å². The molecule has 0 heterocycles. The van der Waals surface area contributed by atoms with Crippen LogP contribution in [0, 0.1) is 23.2 Å². The second-order valence-electron chi connectivity index (χ2n) is 11.6. The topological polar surface area (TPSA) is 0 Å². The zero-order valence-electron chi connectivity index (χ0n) is 21.1. The Morgan fingerprint density at radius 2 is 1.59 bits per heavy atom. The quantitative estimate of drug-likeness (QED) is 0.406. The largest absolute Gasteiger partial charge is 0.130 e. The van der Waals surface area contributed by atoms with Crippen LogP contribution in [-0.4, -0.2) is 6.26 Å². The lowest BCUT2D eigenvalue weighted by atomic mass is 9.52. The number of fused-ring (bicyclic) bond motifs is 4. The summed E-state index contributed by atoms with van der Waals surface area (Å²) in [5, 5.41) is 0. The number of hydrogen-bond acceptors (Lipinski definition) is 1. The van der Waals surface area contributed by atoms with Crippen molar-refractivity contribution < 1.29 is 0 Å². The zero-order valence-corrected chi connectivity index (χ0v) is 21.9. The first-order valence-electron chi connectivity index (χ1n) is 13.3. The highest BCUT2D eigenvalue weighted by Crippen LogP contribution is 2.65. The van der Waals surface area contributed by atoms with Gasteiger partial charge in [0.25, 0.3) is 0 Å². The predicted octanol–water partition coefficient (Wildman–Crippen LogP) is 9.60. The minimum absolute atomic E-state index is 0.477. The minimum atomic E-state index is 0.477. The summed E-state index contributed by atoms with van der Waals surface area (Å²) in [5.74, 6) is 3.07. The smallest absolute Gasteiger partial charge is 0.00695 e. The molecule has 6 rings (SSSR count). The molecule has 34 heavy (non-hydrogen) atoms. The van der Waals surface area contributed by atoms with Crippen LogP contribution in [0.2, 0.25) is 0 Å². The molecule has 2 aromatic rings. The average molecular weight is 467 g/mol. The van der Waals surface area contributed by atoms with Gasteiger partial charge in [-0.15, -0.1) is 11.8 Å². The van der Waals surface area contributed by atoms with Gasteiger partial charge in [-0.05, 0) is 114 Å². The van der Waals surface area contributed by atoms with Gasteiger partial charge in [0.15, 0.2) is 0 Å². The van der Waals surface area contributed by atoms with Crippen molar-refractivity contribution in [2.24, 2.45) is 23.2 Å². The fraction of sp³-hybridized carbons (Fsp3) is 0.455. The Morgan fingerprint density at radius 1 is 0.882 bits per heavy atom. The van der Waals surface area contributed by atoms with Gasteiger partial charge in [0.1, 0.15) is 0 Å². The summed E-state index contributed by atoms with van der Waals surface area (Å²) >= 11 is 1.81. The number of rotatable bonds is 3. The maximum absolute atomic E-state index is 4.31. The molecular weight excluding hydrogens is 428 g/mol. The van der Waals surface area contributed by atoms with Crippen molar-refractivity contribution >= 4 is 11.8 Å². The Hall–Kier alpha value is -1.99. The first-order chi connectivity index (χ1) is 16.5. The molecule has 5 atom stereocenters. The van der Waals surface area contributed by atoms with Gasteiger partial charge in [-0.2, -0.15) is 0 Å². The van der Waals surface area contributed by atoms with E-state index in [1.165, 1.54) is 60.1 Å². The third-order valence-electron chi connectivity index (χ3n) is 10.1. The van der Waals surface area contributed by atoms with E-state index in [2.05, 4.69) is 81.3 Å². The predicted molar refractivity (Wildman–Crippen MR) is 147 cm³/mol. The van der Waals surface area contributed by atoms with Crippen molar-refractivity contribution in [3.8, 4) is 11.1 Å². The summed E-state index contributed by atoms with van der Waals surface area (Å²) in [6.45, 7) is 9.48. The molecule has 0 spiro atoms. The Labute approximate surface area is 210 Å². The molecule has 0 aromatic heterocycles. The van der Waals surface area contributed by atoms with Crippen LogP contribution in [0.4, 0.5) is 0 Å². The monoisotopic (exact) mass is 466 g/mol. The molecule has 5 unspecified atom stereocenters. The molecule has 0 radical (unpaired) electrons. The van der Waals surface area contributed by atoms with E-state index in [0.29, 0.717) is 11.3 Å². The van der Waals surface area contributed by atoms with Crippen molar-refractivity contribution in [1.29, 1.82) is 0 Å². The van der Waals surface area contributed by atoms with Crippen molar-refractivity contribution in [2.75, 3.05) is 6.26 Å². The number of allylic oxidation sites excluding steroid dienone is 5. The van der Waals surface area contributed by atoms with Crippen LogP contribution < -0.4 is 0 Å². The van der Waals surface area contributed by atoms with Gasteiger partial charge in [0, 0.05) is 10.8 Å².